The molecule has 2 rings (SSSR count). The molecule has 0 atom stereocenters. The van der Waals surface area contributed by atoms with Gasteiger partial charge in [-0.2, -0.15) is 0 Å². The normalized spacial score (nSPS) is 10.3. The molecule has 88 valence electrons. The maximum Gasteiger partial charge on any atom is 0.223 e. The Kier molecular flexibility index (Phi) is 3.32. The number of aryl methyl sites for hydroxylation is 1. The van der Waals surface area contributed by atoms with Gasteiger partial charge >= 0.3 is 0 Å². The number of hydrogen-bond acceptors (Lipinski definition) is 3. The van der Waals surface area contributed by atoms with Crippen molar-refractivity contribution < 1.29 is 4.39 Å². The summed E-state index contributed by atoms with van der Waals surface area (Å²) >= 11 is 0. The van der Waals surface area contributed by atoms with Gasteiger partial charge in [-0.3, -0.25) is 0 Å². The highest BCUT2D eigenvalue weighted by molar-refractivity contribution is 5.60. The molecule has 1 aromatic carbocycles. The number of rotatable bonds is 3. The first kappa shape index (κ1) is 11.5. The molecule has 0 spiro atoms. The molecular formula is C13H14FN3. The van der Waals surface area contributed by atoms with E-state index in [0.29, 0.717) is 11.5 Å². The molecular weight excluding hydrogens is 217 g/mol. The predicted octanol–water partition coefficient (Wildman–Crippen LogP) is 3.02. The monoisotopic (exact) mass is 231 g/mol. The highest BCUT2D eigenvalue weighted by Gasteiger charge is 2.04. The van der Waals surface area contributed by atoms with Crippen LogP contribution < -0.4 is 5.32 Å². The highest BCUT2D eigenvalue weighted by atomic mass is 19.1. The van der Waals surface area contributed by atoms with Gasteiger partial charge in [0.25, 0.3) is 0 Å². The number of nitrogens with zero attached hydrogens (tertiary/aromatic N) is 2. The maximum atomic E-state index is 13.5. The van der Waals surface area contributed by atoms with E-state index in [-0.39, 0.29) is 5.82 Å². The van der Waals surface area contributed by atoms with Crippen molar-refractivity contribution in [3.63, 3.8) is 0 Å². The number of hydrogen-bond donors (Lipinski definition) is 1. The van der Waals surface area contributed by atoms with Crippen LogP contribution in [-0.4, -0.2) is 16.5 Å². The van der Waals surface area contributed by atoms with Gasteiger partial charge in [-0.15, -0.1) is 0 Å². The first-order chi connectivity index (χ1) is 8.20. The molecule has 0 fully saturated rings. The molecule has 0 aliphatic rings. The van der Waals surface area contributed by atoms with Gasteiger partial charge in [-0.25, -0.2) is 14.4 Å². The Labute approximate surface area is 99.7 Å². The summed E-state index contributed by atoms with van der Waals surface area (Å²) in [7, 11) is 0. The van der Waals surface area contributed by atoms with Gasteiger partial charge in [0.2, 0.25) is 5.95 Å². The van der Waals surface area contributed by atoms with Gasteiger partial charge in [0, 0.05) is 18.3 Å². The van der Waals surface area contributed by atoms with Crippen molar-refractivity contribution in [2.75, 3.05) is 11.9 Å². The van der Waals surface area contributed by atoms with Gasteiger partial charge in [-0.1, -0.05) is 12.1 Å². The van der Waals surface area contributed by atoms with Crippen molar-refractivity contribution in [3.8, 4) is 11.3 Å². The van der Waals surface area contributed by atoms with E-state index in [1.54, 1.807) is 25.3 Å². The topological polar surface area (TPSA) is 37.8 Å². The first-order valence-electron chi connectivity index (χ1n) is 5.54. The van der Waals surface area contributed by atoms with Crippen LogP contribution in [0.25, 0.3) is 11.3 Å². The summed E-state index contributed by atoms with van der Waals surface area (Å²) in [6.45, 7) is 4.47. The molecule has 3 nitrogen and oxygen atoms in total. The van der Waals surface area contributed by atoms with Crippen LogP contribution in [-0.2, 0) is 0 Å². The third-order valence-corrected chi connectivity index (χ3v) is 2.46. The van der Waals surface area contributed by atoms with Crippen molar-refractivity contribution >= 4 is 5.95 Å². The molecule has 4 heteroatoms. The minimum absolute atomic E-state index is 0.217. The van der Waals surface area contributed by atoms with E-state index < -0.39 is 0 Å². The van der Waals surface area contributed by atoms with E-state index in [0.717, 1.165) is 17.8 Å². The quantitative estimate of drug-likeness (QED) is 0.882. The number of aromatic nitrogens is 2. The highest BCUT2D eigenvalue weighted by Crippen LogP contribution is 2.20. The lowest BCUT2D eigenvalue weighted by molar-refractivity contribution is 0.619. The average Bonchev–Trinajstić information content (AvgIpc) is 2.33. The average molecular weight is 231 g/mol. The number of benzene rings is 1. The molecule has 0 radical (unpaired) electrons. The molecule has 0 saturated carbocycles. The minimum Gasteiger partial charge on any atom is -0.354 e. The molecule has 1 heterocycles. The molecule has 0 bridgehead atoms. The Morgan fingerprint density at radius 3 is 2.82 bits per heavy atom. The molecule has 0 saturated heterocycles. The Morgan fingerprint density at radius 2 is 2.12 bits per heavy atom. The van der Waals surface area contributed by atoms with E-state index in [9.17, 15) is 4.39 Å². The predicted molar refractivity (Wildman–Crippen MR) is 66.3 cm³/mol. The van der Waals surface area contributed by atoms with Crippen molar-refractivity contribution in [2.45, 2.75) is 13.8 Å². The van der Waals surface area contributed by atoms with Crippen LogP contribution in [0.1, 0.15) is 12.5 Å². The van der Waals surface area contributed by atoms with Crippen LogP contribution >= 0.6 is 0 Å². The lowest BCUT2D eigenvalue weighted by Gasteiger charge is -2.05. The second-order valence-corrected chi connectivity index (χ2v) is 3.76. The summed E-state index contributed by atoms with van der Waals surface area (Å²) in [5.74, 6) is 0.345. The Balaban J connectivity index is 2.38. The SMILES string of the molecule is CCNc1nccc(-c2ccc(C)c(F)c2)n1. The smallest absolute Gasteiger partial charge is 0.223 e. The molecule has 0 aliphatic carbocycles. The summed E-state index contributed by atoms with van der Waals surface area (Å²) in [6.07, 6.45) is 1.66. The molecule has 0 aliphatic heterocycles. The fraction of sp³-hybridized carbons (Fsp3) is 0.231. The van der Waals surface area contributed by atoms with E-state index in [1.807, 2.05) is 13.0 Å². The summed E-state index contributed by atoms with van der Waals surface area (Å²) < 4.78 is 13.5. The first-order valence-corrected chi connectivity index (χ1v) is 5.54. The second-order valence-electron chi connectivity index (χ2n) is 3.76. The van der Waals surface area contributed by atoms with Gasteiger partial charge in [0.15, 0.2) is 0 Å². The number of nitrogens with one attached hydrogen (secondary N) is 1. The van der Waals surface area contributed by atoms with E-state index in [1.165, 1.54) is 6.07 Å². The lowest BCUT2D eigenvalue weighted by Crippen LogP contribution is -2.02. The van der Waals surface area contributed by atoms with Crippen LogP contribution in [0.3, 0.4) is 0 Å². The zero-order valence-corrected chi connectivity index (χ0v) is 9.87. The van der Waals surface area contributed by atoms with Gasteiger partial charge in [-0.05, 0) is 31.5 Å². The zero-order valence-electron chi connectivity index (χ0n) is 9.87. The van der Waals surface area contributed by atoms with Crippen molar-refractivity contribution in [1.82, 2.24) is 9.97 Å². The Morgan fingerprint density at radius 1 is 1.29 bits per heavy atom. The molecule has 1 N–H and O–H groups in total. The van der Waals surface area contributed by atoms with Crippen molar-refractivity contribution in [2.24, 2.45) is 0 Å². The van der Waals surface area contributed by atoms with Crippen LogP contribution in [0.4, 0.5) is 10.3 Å². The lowest BCUT2D eigenvalue weighted by atomic mass is 10.1. The Hall–Kier alpha value is -1.97. The summed E-state index contributed by atoms with van der Waals surface area (Å²) in [6, 6.07) is 6.87. The van der Waals surface area contributed by atoms with Crippen LogP contribution in [0.5, 0.6) is 0 Å². The molecule has 1 aromatic heterocycles. The summed E-state index contributed by atoms with van der Waals surface area (Å²) in [5, 5.41) is 3.03. The van der Waals surface area contributed by atoms with Gasteiger partial charge < -0.3 is 5.32 Å². The maximum absolute atomic E-state index is 13.5. The zero-order chi connectivity index (χ0) is 12.3. The summed E-state index contributed by atoms with van der Waals surface area (Å²) in [4.78, 5) is 8.39. The van der Waals surface area contributed by atoms with E-state index in [2.05, 4.69) is 15.3 Å². The van der Waals surface area contributed by atoms with E-state index in [4.69, 9.17) is 0 Å². The largest absolute Gasteiger partial charge is 0.354 e. The third kappa shape index (κ3) is 2.58. The third-order valence-electron chi connectivity index (χ3n) is 2.46. The molecule has 0 amide bonds. The second kappa shape index (κ2) is 4.91. The molecule has 0 unspecified atom stereocenters. The number of anilines is 1. The van der Waals surface area contributed by atoms with Gasteiger partial charge in [0.1, 0.15) is 5.82 Å². The number of halogens is 1. The van der Waals surface area contributed by atoms with Gasteiger partial charge in [0.05, 0.1) is 5.69 Å². The minimum atomic E-state index is -0.217. The van der Waals surface area contributed by atoms with Crippen molar-refractivity contribution in [1.29, 1.82) is 0 Å². The van der Waals surface area contributed by atoms with Crippen LogP contribution in [0, 0.1) is 12.7 Å². The fourth-order valence-corrected chi connectivity index (χ4v) is 1.51. The standard InChI is InChI=1S/C13H14FN3/c1-3-15-13-16-7-6-12(17-13)10-5-4-9(2)11(14)8-10/h4-8H,3H2,1-2H3,(H,15,16,17). The Bertz CT molecular complexity index is 526. The molecule has 2 aromatic rings. The van der Waals surface area contributed by atoms with Crippen LogP contribution in [0.2, 0.25) is 0 Å². The summed E-state index contributed by atoms with van der Waals surface area (Å²) in [5.41, 5.74) is 2.11. The molecule has 17 heavy (non-hydrogen) atoms. The van der Waals surface area contributed by atoms with Crippen LogP contribution in [0.15, 0.2) is 30.5 Å². The fourth-order valence-electron chi connectivity index (χ4n) is 1.51. The van der Waals surface area contributed by atoms with Crippen molar-refractivity contribution in [3.05, 3.63) is 41.8 Å². The van der Waals surface area contributed by atoms with E-state index >= 15 is 0 Å².